The Hall–Kier alpha value is -3.49. The first-order valence-electron chi connectivity index (χ1n) is 11.6. The van der Waals surface area contributed by atoms with Crippen LogP contribution in [0.5, 0.6) is 0 Å². The van der Waals surface area contributed by atoms with E-state index in [1.807, 2.05) is 62.5 Å². The van der Waals surface area contributed by atoms with E-state index in [-0.39, 0.29) is 10.8 Å². The van der Waals surface area contributed by atoms with Gasteiger partial charge in [0.1, 0.15) is 12.3 Å². The van der Waals surface area contributed by atoms with E-state index in [4.69, 9.17) is 0 Å². The Kier molecular flexibility index (Phi) is 7.33. The number of fused-ring (bicyclic) bond motifs is 2. The van der Waals surface area contributed by atoms with E-state index >= 15 is 0 Å². The van der Waals surface area contributed by atoms with Crippen LogP contribution in [0.1, 0.15) is 25.8 Å². The second kappa shape index (κ2) is 10.4. The molecule has 1 aromatic heterocycles. The second-order valence-corrected chi connectivity index (χ2v) is 10.5. The van der Waals surface area contributed by atoms with E-state index in [2.05, 4.69) is 15.0 Å². The lowest BCUT2D eigenvalue weighted by Crippen LogP contribution is -2.53. The van der Waals surface area contributed by atoms with E-state index in [9.17, 15) is 18.0 Å². The highest BCUT2D eigenvalue weighted by Crippen LogP contribution is 2.24. The average molecular weight is 492 g/mol. The van der Waals surface area contributed by atoms with Gasteiger partial charge in [-0.3, -0.25) is 4.79 Å². The molecule has 0 bridgehead atoms. The van der Waals surface area contributed by atoms with Gasteiger partial charge in [0.05, 0.1) is 10.9 Å². The summed E-state index contributed by atoms with van der Waals surface area (Å²) in [4.78, 5) is 28.4. The Balaban J connectivity index is 1.56. The van der Waals surface area contributed by atoms with Crippen molar-refractivity contribution in [3.8, 4) is 0 Å². The van der Waals surface area contributed by atoms with Gasteiger partial charge < -0.3 is 15.1 Å². The molecule has 0 fully saturated rings. The van der Waals surface area contributed by atoms with Gasteiger partial charge in [-0.15, -0.1) is 0 Å². The summed E-state index contributed by atoms with van der Waals surface area (Å²) in [6.07, 6.45) is 3.38. The minimum Gasteiger partial charge on any atom is -0.361 e. The molecule has 7 nitrogen and oxygen atoms in total. The molecule has 8 heteroatoms. The third-order valence-electron chi connectivity index (χ3n) is 6.42. The molecule has 3 aromatic carbocycles. The number of hydrogen-bond acceptors (Lipinski definition) is 4. The van der Waals surface area contributed by atoms with Crippen LogP contribution in [-0.4, -0.2) is 37.7 Å². The quantitative estimate of drug-likeness (QED) is 0.292. The molecule has 1 heterocycles. The normalized spacial score (nSPS) is 14.5. The van der Waals surface area contributed by atoms with E-state index in [0.717, 1.165) is 21.9 Å². The Morgan fingerprint density at radius 2 is 1.69 bits per heavy atom. The van der Waals surface area contributed by atoms with E-state index in [1.165, 1.54) is 6.07 Å². The van der Waals surface area contributed by atoms with Crippen LogP contribution in [0, 0.1) is 5.92 Å². The Morgan fingerprint density at radius 1 is 1.00 bits per heavy atom. The number of para-hydroxylation sites is 1. The predicted octanol–water partition coefficient (Wildman–Crippen LogP) is 3.94. The number of sulfonamides is 1. The zero-order valence-electron chi connectivity index (χ0n) is 19.7. The average Bonchev–Trinajstić information content (AvgIpc) is 3.28. The van der Waals surface area contributed by atoms with Gasteiger partial charge in [0.15, 0.2) is 0 Å². The molecular weight excluding hydrogens is 462 g/mol. The second-order valence-electron chi connectivity index (χ2n) is 8.78. The summed E-state index contributed by atoms with van der Waals surface area (Å²) in [6, 6.07) is 18.1. The molecule has 0 saturated heterocycles. The summed E-state index contributed by atoms with van der Waals surface area (Å²) in [5.41, 5.74) is 1.84. The van der Waals surface area contributed by atoms with Crippen molar-refractivity contribution < 1.29 is 18.0 Å². The van der Waals surface area contributed by atoms with E-state index < -0.39 is 28.0 Å². The SMILES string of the molecule is CC[C@@H](C)[C@H](NS(=O)(=O)c1cccc2ccccc12)C(=O)N[C@@H](C=O)Cc1c[nH]c2ccccc12. The van der Waals surface area contributed by atoms with Gasteiger partial charge in [-0.1, -0.05) is 74.9 Å². The molecule has 3 atom stereocenters. The van der Waals surface area contributed by atoms with E-state index in [1.54, 1.807) is 18.2 Å². The molecule has 4 rings (SSSR count). The van der Waals surface area contributed by atoms with Crippen LogP contribution in [0.2, 0.25) is 0 Å². The fourth-order valence-corrected chi connectivity index (χ4v) is 5.80. The lowest BCUT2D eigenvalue weighted by atomic mass is 9.98. The molecule has 0 aliphatic carbocycles. The summed E-state index contributed by atoms with van der Waals surface area (Å²) < 4.78 is 29.4. The summed E-state index contributed by atoms with van der Waals surface area (Å²) in [7, 11) is -4.01. The van der Waals surface area contributed by atoms with E-state index in [0.29, 0.717) is 24.5 Å². The molecule has 35 heavy (non-hydrogen) atoms. The number of carbonyl (C=O) groups is 2. The molecule has 1 amide bonds. The fraction of sp³-hybridized carbons (Fsp3) is 0.259. The highest BCUT2D eigenvalue weighted by molar-refractivity contribution is 7.89. The molecule has 4 aromatic rings. The van der Waals surface area contributed by atoms with Crippen molar-refractivity contribution in [2.24, 2.45) is 5.92 Å². The van der Waals surface area contributed by atoms with Crippen molar-refractivity contribution in [3.63, 3.8) is 0 Å². The fourth-order valence-electron chi connectivity index (χ4n) is 4.27. The highest BCUT2D eigenvalue weighted by atomic mass is 32.2. The highest BCUT2D eigenvalue weighted by Gasteiger charge is 2.31. The number of benzene rings is 3. The number of aromatic amines is 1. The van der Waals surface area contributed by atoms with Gasteiger partial charge in [0.25, 0.3) is 0 Å². The summed E-state index contributed by atoms with van der Waals surface area (Å²) in [5, 5.41) is 5.09. The maximum Gasteiger partial charge on any atom is 0.241 e. The Morgan fingerprint density at radius 3 is 2.43 bits per heavy atom. The zero-order valence-corrected chi connectivity index (χ0v) is 20.5. The maximum absolute atomic E-state index is 13.4. The van der Waals surface area contributed by atoms with Crippen LogP contribution >= 0.6 is 0 Å². The zero-order chi connectivity index (χ0) is 25.0. The molecular formula is C27H29N3O4S. The number of carbonyl (C=O) groups excluding carboxylic acids is 2. The minimum atomic E-state index is -4.01. The molecule has 0 aliphatic heterocycles. The number of amides is 1. The van der Waals surface area contributed by atoms with Gasteiger partial charge in [0, 0.05) is 28.9 Å². The predicted molar refractivity (Wildman–Crippen MR) is 138 cm³/mol. The first-order chi connectivity index (χ1) is 16.8. The molecule has 0 radical (unpaired) electrons. The monoisotopic (exact) mass is 491 g/mol. The molecule has 0 aliphatic rings. The molecule has 3 N–H and O–H groups in total. The Labute approximate surface area is 205 Å². The first-order valence-corrected chi connectivity index (χ1v) is 13.1. The topological polar surface area (TPSA) is 108 Å². The lowest BCUT2D eigenvalue weighted by Gasteiger charge is -2.25. The number of rotatable bonds is 10. The van der Waals surface area contributed by atoms with Crippen LogP contribution in [0.25, 0.3) is 21.7 Å². The van der Waals surface area contributed by atoms with Crippen molar-refractivity contribution in [1.82, 2.24) is 15.0 Å². The summed E-state index contributed by atoms with van der Waals surface area (Å²) in [5.74, 6) is -0.819. The molecule has 0 spiro atoms. The van der Waals surface area contributed by atoms with Gasteiger partial charge >= 0.3 is 0 Å². The molecule has 182 valence electrons. The Bertz CT molecular complexity index is 1460. The maximum atomic E-state index is 13.4. The van der Waals surface area contributed by atoms with Crippen LogP contribution in [0.3, 0.4) is 0 Å². The summed E-state index contributed by atoms with van der Waals surface area (Å²) in [6.45, 7) is 3.70. The third kappa shape index (κ3) is 5.28. The van der Waals surface area contributed by atoms with Crippen molar-refractivity contribution >= 4 is 43.9 Å². The van der Waals surface area contributed by atoms with Crippen molar-refractivity contribution in [2.75, 3.05) is 0 Å². The first kappa shape index (κ1) is 24.6. The lowest BCUT2D eigenvalue weighted by molar-refractivity contribution is -0.126. The molecule has 0 unspecified atom stereocenters. The standard InChI is InChI=1S/C27H29N3O4S/c1-3-18(2)26(30-35(33,34)25-14-8-10-19-9-4-5-12-23(19)25)27(32)29-21(17-31)15-20-16-28-24-13-7-6-11-22(20)24/h4-14,16-18,21,26,28,30H,3,15H2,1-2H3,(H,29,32)/t18-,21-,26+/m1/s1. The van der Waals surface area contributed by atoms with Crippen LogP contribution in [0.15, 0.2) is 77.8 Å². The third-order valence-corrected chi connectivity index (χ3v) is 7.92. The number of H-pyrrole nitrogens is 1. The largest absolute Gasteiger partial charge is 0.361 e. The van der Waals surface area contributed by atoms with Crippen LogP contribution in [-0.2, 0) is 26.0 Å². The van der Waals surface area contributed by atoms with Crippen LogP contribution < -0.4 is 10.0 Å². The number of hydrogen-bond donors (Lipinski definition) is 3. The van der Waals surface area contributed by atoms with Crippen LogP contribution in [0.4, 0.5) is 0 Å². The minimum absolute atomic E-state index is 0.113. The van der Waals surface area contributed by atoms with Gasteiger partial charge in [-0.05, 0) is 29.0 Å². The number of aldehydes is 1. The number of aromatic nitrogens is 1. The smallest absolute Gasteiger partial charge is 0.241 e. The van der Waals surface area contributed by atoms with Gasteiger partial charge in [-0.2, -0.15) is 4.72 Å². The van der Waals surface area contributed by atoms with Gasteiger partial charge in [0.2, 0.25) is 15.9 Å². The summed E-state index contributed by atoms with van der Waals surface area (Å²) >= 11 is 0. The van der Waals surface area contributed by atoms with Crippen molar-refractivity contribution in [3.05, 3.63) is 78.5 Å². The van der Waals surface area contributed by atoms with Crippen molar-refractivity contribution in [1.29, 1.82) is 0 Å². The molecule has 0 saturated carbocycles. The van der Waals surface area contributed by atoms with Gasteiger partial charge in [-0.25, -0.2) is 8.42 Å². The van der Waals surface area contributed by atoms with Crippen molar-refractivity contribution in [2.45, 2.75) is 43.7 Å². The number of nitrogens with one attached hydrogen (secondary N) is 3.